The Morgan fingerprint density at radius 1 is 1.38 bits per heavy atom. The molecular formula is C18H25N3O2S. The maximum Gasteiger partial charge on any atom is 0.255 e. The number of aliphatic hydroxyl groups excluding tert-OH is 1. The molecule has 1 aromatic carbocycles. The Morgan fingerprint density at radius 3 is 2.67 bits per heavy atom. The number of benzene rings is 1. The topological polar surface area (TPSA) is 67.2 Å². The van der Waals surface area contributed by atoms with E-state index in [2.05, 4.69) is 10.4 Å². The number of thioether (sulfide) groups is 1. The summed E-state index contributed by atoms with van der Waals surface area (Å²) in [6.07, 6.45) is 4.30. The fourth-order valence-corrected chi connectivity index (χ4v) is 3.31. The van der Waals surface area contributed by atoms with Crippen molar-refractivity contribution >= 4 is 17.7 Å². The largest absolute Gasteiger partial charge is 0.395 e. The first-order valence-corrected chi connectivity index (χ1v) is 9.42. The molecular weight excluding hydrogens is 322 g/mol. The van der Waals surface area contributed by atoms with Gasteiger partial charge < -0.3 is 10.4 Å². The van der Waals surface area contributed by atoms with Crippen molar-refractivity contribution in [2.75, 3.05) is 12.9 Å². The summed E-state index contributed by atoms with van der Waals surface area (Å²) >= 11 is 1.55. The van der Waals surface area contributed by atoms with Crippen LogP contribution < -0.4 is 5.32 Å². The highest BCUT2D eigenvalue weighted by Gasteiger charge is 2.21. The average Bonchev–Trinajstić information content (AvgIpc) is 2.99. The molecule has 0 spiro atoms. The lowest BCUT2D eigenvalue weighted by molar-refractivity contribution is 0.0935. The lowest BCUT2D eigenvalue weighted by Crippen LogP contribution is -2.41. The van der Waals surface area contributed by atoms with Gasteiger partial charge in [0, 0.05) is 11.3 Å². The van der Waals surface area contributed by atoms with Crippen molar-refractivity contribution in [3.8, 4) is 0 Å². The van der Waals surface area contributed by atoms with Crippen molar-refractivity contribution in [1.82, 2.24) is 15.1 Å². The van der Waals surface area contributed by atoms with E-state index < -0.39 is 0 Å². The van der Waals surface area contributed by atoms with E-state index in [-0.39, 0.29) is 23.8 Å². The van der Waals surface area contributed by atoms with Crippen LogP contribution in [0.3, 0.4) is 0 Å². The van der Waals surface area contributed by atoms with Crippen LogP contribution in [0.4, 0.5) is 0 Å². The van der Waals surface area contributed by atoms with Crippen LogP contribution in [0, 0.1) is 0 Å². The molecule has 2 atom stereocenters. The zero-order valence-corrected chi connectivity index (χ0v) is 15.2. The number of amides is 1. The molecule has 2 aromatic rings. The maximum atomic E-state index is 12.6. The Bertz CT molecular complexity index is 654. The predicted molar refractivity (Wildman–Crippen MR) is 98.5 cm³/mol. The monoisotopic (exact) mass is 347 g/mol. The number of aliphatic hydroxyl groups is 1. The van der Waals surface area contributed by atoms with Gasteiger partial charge in [-0.2, -0.15) is 16.9 Å². The van der Waals surface area contributed by atoms with Crippen molar-refractivity contribution < 1.29 is 9.90 Å². The SMILES string of the molecule is CCc1c(C(=O)NC(C)C(CO)SC)cnn1Cc1ccccc1. The smallest absolute Gasteiger partial charge is 0.255 e. The van der Waals surface area contributed by atoms with Crippen LogP contribution in [0.2, 0.25) is 0 Å². The van der Waals surface area contributed by atoms with Gasteiger partial charge in [-0.15, -0.1) is 0 Å². The van der Waals surface area contributed by atoms with Gasteiger partial charge in [-0.25, -0.2) is 0 Å². The van der Waals surface area contributed by atoms with Crippen LogP contribution in [-0.2, 0) is 13.0 Å². The van der Waals surface area contributed by atoms with Crippen LogP contribution >= 0.6 is 11.8 Å². The van der Waals surface area contributed by atoms with Gasteiger partial charge >= 0.3 is 0 Å². The van der Waals surface area contributed by atoms with Crippen molar-refractivity contribution in [2.45, 2.75) is 38.1 Å². The Morgan fingerprint density at radius 2 is 2.08 bits per heavy atom. The molecule has 0 aliphatic rings. The molecule has 6 heteroatoms. The summed E-state index contributed by atoms with van der Waals surface area (Å²) in [7, 11) is 0. The lowest BCUT2D eigenvalue weighted by atomic mass is 10.1. The maximum absolute atomic E-state index is 12.6. The minimum atomic E-state index is -0.133. The highest BCUT2D eigenvalue weighted by Crippen LogP contribution is 2.15. The fraction of sp³-hybridized carbons (Fsp3) is 0.444. The van der Waals surface area contributed by atoms with E-state index in [1.54, 1.807) is 18.0 Å². The van der Waals surface area contributed by atoms with E-state index >= 15 is 0 Å². The third-order valence-electron chi connectivity index (χ3n) is 4.10. The van der Waals surface area contributed by atoms with Gasteiger partial charge in [0.15, 0.2) is 0 Å². The van der Waals surface area contributed by atoms with Crippen LogP contribution in [0.25, 0.3) is 0 Å². The normalized spacial score (nSPS) is 13.5. The fourth-order valence-electron chi connectivity index (χ4n) is 2.68. The average molecular weight is 347 g/mol. The Kier molecular flexibility index (Phi) is 6.87. The molecule has 0 radical (unpaired) electrons. The number of aromatic nitrogens is 2. The van der Waals surface area contributed by atoms with Gasteiger partial charge in [-0.3, -0.25) is 9.48 Å². The van der Waals surface area contributed by atoms with Gasteiger partial charge in [-0.05, 0) is 25.2 Å². The quantitative estimate of drug-likeness (QED) is 0.769. The Hall–Kier alpha value is -1.79. The second-order valence-electron chi connectivity index (χ2n) is 5.72. The molecule has 2 N–H and O–H groups in total. The summed E-state index contributed by atoms with van der Waals surface area (Å²) in [4.78, 5) is 12.6. The van der Waals surface area contributed by atoms with Crippen molar-refractivity contribution in [2.24, 2.45) is 0 Å². The zero-order valence-electron chi connectivity index (χ0n) is 14.4. The molecule has 1 amide bonds. The molecule has 0 aliphatic carbocycles. The molecule has 0 aliphatic heterocycles. The minimum absolute atomic E-state index is 0.0154. The summed E-state index contributed by atoms with van der Waals surface area (Å²) in [5.41, 5.74) is 2.68. The number of rotatable bonds is 8. The first-order chi connectivity index (χ1) is 11.6. The second kappa shape index (κ2) is 8.89. The van der Waals surface area contributed by atoms with Crippen molar-refractivity contribution in [1.29, 1.82) is 0 Å². The molecule has 0 bridgehead atoms. The van der Waals surface area contributed by atoms with Gasteiger partial charge in [0.2, 0.25) is 0 Å². The first-order valence-electron chi connectivity index (χ1n) is 8.13. The van der Waals surface area contributed by atoms with Gasteiger partial charge in [0.25, 0.3) is 5.91 Å². The van der Waals surface area contributed by atoms with Crippen LogP contribution in [0.15, 0.2) is 36.5 Å². The van der Waals surface area contributed by atoms with E-state index in [0.29, 0.717) is 12.1 Å². The third kappa shape index (κ3) is 4.39. The highest BCUT2D eigenvalue weighted by molar-refractivity contribution is 7.99. The Labute approximate surface area is 147 Å². The Balaban J connectivity index is 2.14. The highest BCUT2D eigenvalue weighted by atomic mass is 32.2. The summed E-state index contributed by atoms with van der Waals surface area (Å²) in [5.74, 6) is -0.133. The van der Waals surface area contributed by atoms with E-state index in [1.807, 2.05) is 55.1 Å². The summed E-state index contributed by atoms with van der Waals surface area (Å²) in [6, 6.07) is 9.96. The molecule has 24 heavy (non-hydrogen) atoms. The molecule has 2 rings (SSSR count). The predicted octanol–water partition coefficient (Wildman–Crippen LogP) is 2.34. The van der Waals surface area contributed by atoms with Crippen molar-refractivity contribution in [3.05, 3.63) is 53.3 Å². The number of nitrogens with one attached hydrogen (secondary N) is 1. The van der Waals surface area contributed by atoms with Crippen molar-refractivity contribution in [3.63, 3.8) is 0 Å². The van der Waals surface area contributed by atoms with Gasteiger partial charge in [0.05, 0.1) is 30.6 Å². The molecule has 0 saturated heterocycles. The number of nitrogens with zero attached hydrogens (tertiary/aromatic N) is 2. The van der Waals surface area contributed by atoms with Crippen LogP contribution in [0.5, 0.6) is 0 Å². The third-order valence-corrected chi connectivity index (χ3v) is 5.27. The molecule has 130 valence electrons. The standard InChI is InChI=1S/C18H25N3O2S/c1-4-16-15(18(23)20-13(2)17(12-22)24-3)10-19-21(16)11-14-8-6-5-7-9-14/h5-10,13,17,22H,4,11-12H2,1-3H3,(H,20,23). The summed E-state index contributed by atoms with van der Waals surface area (Å²) in [5, 5.41) is 16.7. The van der Waals surface area contributed by atoms with Gasteiger partial charge in [0.1, 0.15) is 0 Å². The van der Waals surface area contributed by atoms with Gasteiger partial charge in [-0.1, -0.05) is 37.3 Å². The van der Waals surface area contributed by atoms with E-state index in [0.717, 1.165) is 17.7 Å². The van der Waals surface area contributed by atoms with Crippen LogP contribution in [0.1, 0.15) is 35.5 Å². The van der Waals surface area contributed by atoms with E-state index in [4.69, 9.17) is 0 Å². The first kappa shape index (κ1) is 18.5. The second-order valence-corrected chi connectivity index (χ2v) is 6.80. The molecule has 1 aromatic heterocycles. The molecule has 5 nitrogen and oxygen atoms in total. The zero-order chi connectivity index (χ0) is 17.5. The number of carbonyl (C=O) groups excluding carboxylic acids is 1. The molecule has 0 fully saturated rings. The molecule has 2 unspecified atom stereocenters. The molecule has 1 heterocycles. The summed E-state index contributed by atoms with van der Waals surface area (Å²) < 4.78 is 1.88. The molecule has 0 saturated carbocycles. The number of hydrogen-bond acceptors (Lipinski definition) is 4. The van der Waals surface area contributed by atoms with E-state index in [1.165, 1.54) is 0 Å². The minimum Gasteiger partial charge on any atom is -0.395 e. The van der Waals surface area contributed by atoms with Crippen LogP contribution in [-0.4, -0.2) is 44.9 Å². The summed E-state index contributed by atoms with van der Waals surface area (Å²) in [6.45, 7) is 4.62. The number of hydrogen-bond donors (Lipinski definition) is 2. The lowest BCUT2D eigenvalue weighted by Gasteiger charge is -2.21. The number of carbonyl (C=O) groups is 1. The van der Waals surface area contributed by atoms with E-state index in [9.17, 15) is 9.90 Å².